The Morgan fingerprint density at radius 3 is 2.64 bits per heavy atom. The second-order valence-corrected chi connectivity index (χ2v) is 4.67. The lowest BCUT2D eigenvalue weighted by atomic mass is 10.2. The Labute approximate surface area is 130 Å². The van der Waals surface area contributed by atoms with Crippen LogP contribution in [0.1, 0.15) is 18.9 Å². The number of amides is 3. The molecule has 120 valence electrons. The molecule has 0 bridgehead atoms. The zero-order valence-electron chi connectivity index (χ0n) is 12.7. The van der Waals surface area contributed by atoms with Crippen LogP contribution in [-0.2, 0) is 20.8 Å². The van der Waals surface area contributed by atoms with Gasteiger partial charge in [0, 0.05) is 38.6 Å². The van der Waals surface area contributed by atoms with Gasteiger partial charge >= 0.3 is 11.8 Å². The van der Waals surface area contributed by atoms with E-state index in [9.17, 15) is 14.4 Å². The predicted octanol–water partition coefficient (Wildman–Crippen LogP) is -0.275. The van der Waals surface area contributed by atoms with E-state index in [1.165, 1.54) is 4.90 Å². The number of aromatic nitrogens is 1. The normalized spacial score (nSPS) is 9.86. The molecule has 0 radical (unpaired) electrons. The molecule has 2 N–H and O–H groups in total. The molecule has 7 nitrogen and oxygen atoms in total. The summed E-state index contributed by atoms with van der Waals surface area (Å²) in [5, 5.41) is 5.05. The monoisotopic (exact) mass is 306 g/mol. The van der Waals surface area contributed by atoms with Crippen molar-refractivity contribution in [1.29, 1.82) is 0 Å². The zero-order chi connectivity index (χ0) is 16.2. The van der Waals surface area contributed by atoms with E-state index >= 15 is 0 Å². The number of likely N-dealkylation sites (N-methyl/N-ethyl adjacent to an activating group) is 1. The van der Waals surface area contributed by atoms with Crippen LogP contribution in [0, 0.1) is 0 Å². The summed E-state index contributed by atoms with van der Waals surface area (Å²) in [6.45, 7) is 3.63. The van der Waals surface area contributed by atoms with Gasteiger partial charge in [0.1, 0.15) is 0 Å². The lowest BCUT2D eigenvalue weighted by Crippen LogP contribution is -2.44. The first-order chi connectivity index (χ1) is 10.7. The van der Waals surface area contributed by atoms with Gasteiger partial charge in [-0.1, -0.05) is 0 Å². The van der Waals surface area contributed by atoms with Crippen molar-refractivity contribution in [3.8, 4) is 0 Å². The molecule has 0 aliphatic rings. The number of nitrogens with one attached hydrogen (secondary N) is 2. The molecule has 0 fully saturated rings. The summed E-state index contributed by atoms with van der Waals surface area (Å²) in [6, 6.07) is 3.77. The molecule has 0 aliphatic carbocycles. The highest BCUT2D eigenvalue weighted by atomic mass is 16.2. The van der Waals surface area contributed by atoms with E-state index in [2.05, 4.69) is 15.6 Å². The van der Waals surface area contributed by atoms with Gasteiger partial charge in [-0.05, 0) is 37.5 Å². The first-order valence-corrected chi connectivity index (χ1v) is 7.32. The Morgan fingerprint density at radius 1 is 1.27 bits per heavy atom. The molecule has 1 aromatic heterocycles. The van der Waals surface area contributed by atoms with Gasteiger partial charge in [-0.25, -0.2) is 0 Å². The largest absolute Gasteiger partial charge is 0.359 e. The van der Waals surface area contributed by atoms with E-state index in [0.717, 1.165) is 5.56 Å². The van der Waals surface area contributed by atoms with Crippen molar-refractivity contribution in [1.82, 2.24) is 20.5 Å². The molecule has 0 aliphatic heterocycles. The van der Waals surface area contributed by atoms with Crippen molar-refractivity contribution in [2.45, 2.75) is 19.8 Å². The Hall–Kier alpha value is -2.44. The van der Waals surface area contributed by atoms with Gasteiger partial charge in [-0.3, -0.25) is 19.4 Å². The third-order valence-corrected chi connectivity index (χ3v) is 3.15. The van der Waals surface area contributed by atoms with Crippen molar-refractivity contribution in [3.63, 3.8) is 0 Å². The molecular weight excluding hydrogens is 284 g/mol. The van der Waals surface area contributed by atoms with Crippen LogP contribution in [0.4, 0.5) is 0 Å². The van der Waals surface area contributed by atoms with Gasteiger partial charge < -0.3 is 15.5 Å². The Bertz CT molecular complexity index is 479. The highest BCUT2D eigenvalue weighted by molar-refractivity contribution is 6.34. The van der Waals surface area contributed by atoms with Crippen LogP contribution in [0.25, 0.3) is 0 Å². The zero-order valence-corrected chi connectivity index (χ0v) is 12.7. The number of carbonyl (C=O) groups is 3. The SMILES string of the molecule is CCN(CCc1ccncc1)C(=O)C(=O)NCCCNC=O. The standard InChI is InChI=1S/C15H22N4O3/c1-2-19(11-6-13-4-9-16-10-5-13)15(22)14(21)18-8-3-7-17-12-20/h4-5,9-10,12H,2-3,6-8,11H2,1H3,(H,17,20)(H,18,21). The van der Waals surface area contributed by atoms with E-state index in [1.807, 2.05) is 19.1 Å². The lowest BCUT2D eigenvalue weighted by Gasteiger charge is -2.20. The average Bonchev–Trinajstić information content (AvgIpc) is 2.55. The summed E-state index contributed by atoms with van der Waals surface area (Å²) in [6.07, 6.45) is 5.27. The molecule has 0 saturated carbocycles. The molecule has 22 heavy (non-hydrogen) atoms. The van der Waals surface area contributed by atoms with Gasteiger partial charge in [0.2, 0.25) is 6.41 Å². The highest BCUT2D eigenvalue weighted by Gasteiger charge is 2.19. The molecule has 0 unspecified atom stereocenters. The fourth-order valence-electron chi connectivity index (χ4n) is 1.89. The van der Waals surface area contributed by atoms with Gasteiger partial charge in [-0.15, -0.1) is 0 Å². The summed E-state index contributed by atoms with van der Waals surface area (Å²) < 4.78 is 0. The van der Waals surface area contributed by atoms with Crippen LogP contribution in [0.3, 0.4) is 0 Å². The first-order valence-electron chi connectivity index (χ1n) is 7.32. The minimum atomic E-state index is -0.609. The molecule has 7 heteroatoms. The number of pyridine rings is 1. The van der Waals surface area contributed by atoms with Crippen LogP contribution in [0.5, 0.6) is 0 Å². The van der Waals surface area contributed by atoms with E-state index in [4.69, 9.17) is 0 Å². The minimum Gasteiger partial charge on any atom is -0.359 e. The minimum absolute atomic E-state index is 0.354. The quantitative estimate of drug-likeness (QED) is 0.373. The second-order valence-electron chi connectivity index (χ2n) is 4.67. The van der Waals surface area contributed by atoms with Crippen LogP contribution < -0.4 is 10.6 Å². The number of hydrogen-bond donors (Lipinski definition) is 2. The maximum Gasteiger partial charge on any atom is 0.311 e. The molecule has 0 saturated heterocycles. The number of carbonyl (C=O) groups excluding carboxylic acids is 3. The topological polar surface area (TPSA) is 91.4 Å². The number of nitrogens with zero attached hydrogens (tertiary/aromatic N) is 2. The van der Waals surface area contributed by atoms with Crippen LogP contribution in [0.2, 0.25) is 0 Å². The number of rotatable bonds is 9. The van der Waals surface area contributed by atoms with Crippen molar-refractivity contribution < 1.29 is 14.4 Å². The molecule has 3 amide bonds. The smallest absolute Gasteiger partial charge is 0.311 e. The molecule has 0 atom stereocenters. The van der Waals surface area contributed by atoms with Gasteiger partial charge in [0.25, 0.3) is 0 Å². The molecule has 1 aromatic rings. The molecular formula is C15H22N4O3. The third kappa shape index (κ3) is 6.34. The second kappa shape index (κ2) is 10.3. The maximum absolute atomic E-state index is 12.0. The van der Waals surface area contributed by atoms with Crippen LogP contribution in [-0.4, -0.2) is 54.3 Å². The summed E-state index contributed by atoms with van der Waals surface area (Å²) in [4.78, 5) is 39.3. The van der Waals surface area contributed by atoms with Crippen LogP contribution in [0.15, 0.2) is 24.5 Å². The van der Waals surface area contributed by atoms with E-state index in [1.54, 1.807) is 12.4 Å². The summed E-state index contributed by atoms with van der Waals surface area (Å²) in [7, 11) is 0. The maximum atomic E-state index is 12.0. The first kappa shape index (κ1) is 17.6. The van der Waals surface area contributed by atoms with E-state index < -0.39 is 11.8 Å². The summed E-state index contributed by atoms with van der Waals surface area (Å²) in [5.41, 5.74) is 1.07. The van der Waals surface area contributed by atoms with Crippen molar-refractivity contribution in [2.75, 3.05) is 26.2 Å². The Balaban J connectivity index is 2.36. The fraction of sp³-hybridized carbons (Fsp3) is 0.467. The van der Waals surface area contributed by atoms with Crippen molar-refractivity contribution in [2.24, 2.45) is 0 Å². The van der Waals surface area contributed by atoms with Crippen LogP contribution >= 0.6 is 0 Å². The Kier molecular flexibility index (Phi) is 8.25. The third-order valence-electron chi connectivity index (χ3n) is 3.15. The van der Waals surface area contributed by atoms with Gasteiger partial charge in [-0.2, -0.15) is 0 Å². The molecule has 1 heterocycles. The average molecular weight is 306 g/mol. The highest BCUT2D eigenvalue weighted by Crippen LogP contribution is 2.00. The van der Waals surface area contributed by atoms with Crippen molar-refractivity contribution in [3.05, 3.63) is 30.1 Å². The van der Waals surface area contributed by atoms with E-state index in [-0.39, 0.29) is 0 Å². The number of hydrogen-bond acceptors (Lipinski definition) is 4. The van der Waals surface area contributed by atoms with E-state index in [0.29, 0.717) is 45.4 Å². The lowest BCUT2D eigenvalue weighted by molar-refractivity contribution is -0.145. The Morgan fingerprint density at radius 2 is 2.00 bits per heavy atom. The van der Waals surface area contributed by atoms with Crippen molar-refractivity contribution >= 4 is 18.2 Å². The summed E-state index contributed by atoms with van der Waals surface area (Å²) >= 11 is 0. The molecule has 0 spiro atoms. The fourth-order valence-corrected chi connectivity index (χ4v) is 1.89. The summed E-state index contributed by atoms with van der Waals surface area (Å²) in [5.74, 6) is -1.14. The predicted molar refractivity (Wildman–Crippen MR) is 81.9 cm³/mol. The molecule has 1 rings (SSSR count). The van der Waals surface area contributed by atoms with Gasteiger partial charge in [0.05, 0.1) is 0 Å². The van der Waals surface area contributed by atoms with Gasteiger partial charge in [0.15, 0.2) is 0 Å². The molecule has 0 aromatic carbocycles.